The van der Waals surface area contributed by atoms with E-state index in [0.717, 1.165) is 0 Å². The summed E-state index contributed by atoms with van der Waals surface area (Å²) in [6.45, 7) is 2.44. The van der Waals surface area contributed by atoms with Crippen LogP contribution in [0, 0.1) is 0 Å². The molecular formula is C17H15N5O2S. The van der Waals surface area contributed by atoms with Gasteiger partial charge in [-0.15, -0.1) is 5.10 Å². The van der Waals surface area contributed by atoms with Gasteiger partial charge in [-0.25, -0.2) is 4.98 Å². The van der Waals surface area contributed by atoms with Gasteiger partial charge in [0.2, 0.25) is 5.16 Å². The average molecular weight is 353 g/mol. The molecule has 0 aliphatic heterocycles. The van der Waals surface area contributed by atoms with Crippen LogP contribution in [0.15, 0.2) is 52.7 Å². The standard InChI is InChI=1S/C17H15N5O2S/c1-3-24-14-7-5-4-6-13(14)21-9-8-12-11(15(21)23)10-18-16-19-17(25-2)20-22(12)16/h4-10H,3H2,1-2H3. The molecule has 0 fully saturated rings. The number of rotatable bonds is 4. The van der Waals surface area contributed by atoms with Crippen LogP contribution in [-0.2, 0) is 0 Å². The summed E-state index contributed by atoms with van der Waals surface area (Å²) in [4.78, 5) is 21.6. The van der Waals surface area contributed by atoms with Crippen LogP contribution in [0.5, 0.6) is 5.75 Å². The first-order valence-corrected chi connectivity index (χ1v) is 8.98. The Balaban J connectivity index is 1.98. The van der Waals surface area contributed by atoms with Gasteiger partial charge in [0.15, 0.2) is 0 Å². The van der Waals surface area contributed by atoms with E-state index < -0.39 is 0 Å². The maximum absolute atomic E-state index is 13.0. The van der Waals surface area contributed by atoms with Crippen molar-refractivity contribution in [3.63, 3.8) is 0 Å². The normalized spacial score (nSPS) is 11.3. The number of para-hydroxylation sites is 2. The van der Waals surface area contributed by atoms with Crippen molar-refractivity contribution in [2.75, 3.05) is 12.9 Å². The third kappa shape index (κ3) is 2.54. The van der Waals surface area contributed by atoms with E-state index in [0.29, 0.717) is 39.9 Å². The van der Waals surface area contributed by atoms with Crippen LogP contribution in [0.4, 0.5) is 0 Å². The molecule has 8 heteroatoms. The first-order chi connectivity index (χ1) is 12.2. The Bertz CT molecular complexity index is 1130. The van der Waals surface area contributed by atoms with Crippen molar-refractivity contribution in [2.24, 2.45) is 0 Å². The maximum atomic E-state index is 13.0. The Labute approximate surface area is 147 Å². The van der Waals surface area contributed by atoms with Crippen LogP contribution in [0.1, 0.15) is 6.92 Å². The Morgan fingerprint density at radius 1 is 1.24 bits per heavy atom. The highest BCUT2D eigenvalue weighted by atomic mass is 32.2. The van der Waals surface area contributed by atoms with Gasteiger partial charge >= 0.3 is 0 Å². The minimum absolute atomic E-state index is 0.180. The van der Waals surface area contributed by atoms with E-state index in [9.17, 15) is 4.79 Å². The second-order valence-corrected chi connectivity index (χ2v) is 6.03. The summed E-state index contributed by atoms with van der Waals surface area (Å²) in [6, 6.07) is 9.29. The number of aromatic nitrogens is 5. The first kappa shape index (κ1) is 15.6. The Hall–Kier alpha value is -2.87. The van der Waals surface area contributed by atoms with Crippen LogP contribution in [0.25, 0.3) is 22.4 Å². The molecule has 25 heavy (non-hydrogen) atoms. The van der Waals surface area contributed by atoms with Gasteiger partial charge in [0.25, 0.3) is 11.3 Å². The van der Waals surface area contributed by atoms with Crippen LogP contribution < -0.4 is 10.3 Å². The predicted octanol–water partition coefficient (Wildman–Crippen LogP) is 2.55. The molecule has 4 rings (SSSR count). The first-order valence-electron chi connectivity index (χ1n) is 7.76. The highest BCUT2D eigenvalue weighted by Gasteiger charge is 2.13. The number of fused-ring (bicyclic) bond motifs is 3. The Kier molecular flexibility index (Phi) is 3.89. The van der Waals surface area contributed by atoms with Gasteiger partial charge in [-0.3, -0.25) is 9.36 Å². The zero-order valence-electron chi connectivity index (χ0n) is 13.7. The number of nitrogens with zero attached hydrogens (tertiary/aromatic N) is 5. The van der Waals surface area contributed by atoms with Gasteiger partial charge < -0.3 is 4.74 Å². The van der Waals surface area contributed by atoms with Gasteiger partial charge in [-0.2, -0.15) is 9.50 Å². The third-order valence-corrected chi connectivity index (χ3v) is 4.36. The zero-order valence-corrected chi connectivity index (χ0v) is 14.5. The lowest BCUT2D eigenvalue weighted by atomic mass is 10.2. The van der Waals surface area contributed by atoms with Crippen LogP contribution in [0.3, 0.4) is 0 Å². The molecule has 0 atom stereocenters. The van der Waals surface area contributed by atoms with E-state index in [1.54, 1.807) is 21.5 Å². The van der Waals surface area contributed by atoms with Gasteiger partial charge in [0.1, 0.15) is 5.75 Å². The molecular weight excluding hydrogens is 338 g/mol. The van der Waals surface area contributed by atoms with Crippen molar-refractivity contribution in [2.45, 2.75) is 12.1 Å². The maximum Gasteiger partial charge on any atom is 0.266 e. The van der Waals surface area contributed by atoms with Crippen molar-refractivity contribution in [1.82, 2.24) is 24.1 Å². The molecule has 0 spiro atoms. The molecule has 0 amide bonds. The summed E-state index contributed by atoms with van der Waals surface area (Å²) in [7, 11) is 0. The monoisotopic (exact) mass is 353 g/mol. The Morgan fingerprint density at radius 3 is 2.88 bits per heavy atom. The van der Waals surface area contributed by atoms with Crippen LogP contribution in [0.2, 0.25) is 0 Å². The molecule has 0 radical (unpaired) electrons. The summed E-state index contributed by atoms with van der Waals surface area (Å²) in [6.07, 6.45) is 5.17. The van der Waals surface area contributed by atoms with E-state index in [2.05, 4.69) is 15.1 Å². The third-order valence-electron chi connectivity index (χ3n) is 3.82. The molecule has 0 aliphatic rings. The minimum Gasteiger partial charge on any atom is -0.492 e. The zero-order chi connectivity index (χ0) is 17.4. The summed E-state index contributed by atoms with van der Waals surface area (Å²) < 4.78 is 8.80. The van der Waals surface area contributed by atoms with Crippen LogP contribution in [-0.4, -0.2) is 37.0 Å². The molecule has 3 heterocycles. The molecule has 0 N–H and O–H groups in total. The van der Waals surface area contributed by atoms with Gasteiger partial charge in [-0.05, 0) is 31.4 Å². The van der Waals surface area contributed by atoms with Crippen molar-refractivity contribution in [1.29, 1.82) is 0 Å². The number of hydrogen-bond acceptors (Lipinski definition) is 6. The number of ether oxygens (including phenoxy) is 1. The van der Waals surface area contributed by atoms with Crippen molar-refractivity contribution >= 4 is 28.4 Å². The largest absolute Gasteiger partial charge is 0.492 e. The molecule has 1 aromatic carbocycles. The SMILES string of the molecule is CCOc1ccccc1-n1ccc2c(cnc3nc(SC)nn32)c1=O. The fraction of sp³-hybridized carbons (Fsp3) is 0.176. The molecule has 4 aromatic rings. The predicted molar refractivity (Wildman–Crippen MR) is 96.8 cm³/mol. The average Bonchev–Trinajstić information content (AvgIpc) is 3.07. The fourth-order valence-electron chi connectivity index (χ4n) is 2.71. The topological polar surface area (TPSA) is 74.3 Å². The molecule has 0 saturated carbocycles. The lowest BCUT2D eigenvalue weighted by Gasteiger charge is -2.12. The highest BCUT2D eigenvalue weighted by Crippen LogP contribution is 2.22. The number of thioether (sulfide) groups is 1. The summed E-state index contributed by atoms with van der Waals surface area (Å²) in [5.74, 6) is 1.13. The lowest BCUT2D eigenvalue weighted by molar-refractivity contribution is 0.339. The molecule has 0 unspecified atom stereocenters. The molecule has 7 nitrogen and oxygen atoms in total. The van der Waals surface area contributed by atoms with E-state index in [1.807, 2.05) is 43.5 Å². The number of benzene rings is 1. The lowest BCUT2D eigenvalue weighted by Crippen LogP contribution is -2.19. The molecule has 0 saturated heterocycles. The van der Waals surface area contributed by atoms with Gasteiger partial charge in [0, 0.05) is 12.4 Å². The Morgan fingerprint density at radius 2 is 2.08 bits per heavy atom. The summed E-state index contributed by atoms with van der Waals surface area (Å²) in [5, 5.41) is 5.47. The quantitative estimate of drug-likeness (QED) is 0.525. The van der Waals surface area contributed by atoms with E-state index in [-0.39, 0.29) is 5.56 Å². The highest BCUT2D eigenvalue weighted by molar-refractivity contribution is 7.98. The van der Waals surface area contributed by atoms with E-state index in [1.165, 1.54) is 11.8 Å². The van der Waals surface area contributed by atoms with E-state index in [4.69, 9.17) is 4.74 Å². The van der Waals surface area contributed by atoms with Gasteiger partial charge in [-0.1, -0.05) is 23.9 Å². The van der Waals surface area contributed by atoms with Crippen LogP contribution >= 0.6 is 11.8 Å². The molecule has 0 aliphatic carbocycles. The van der Waals surface area contributed by atoms with Crippen molar-refractivity contribution < 1.29 is 4.74 Å². The summed E-state index contributed by atoms with van der Waals surface area (Å²) >= 11 is 1.43. The smallest absolute Gasteiger partial charge is 0.266 e. The molecule has 0 bridgehead atoms. The van der Waals surface area contributed by atoms with Gasteiger partial charge in [0.05, 0.1) is 23.2 Å². The van der Waals surface area contributed by atoms with E-state index >= 15 is 0 Å². The second kappa shape index (κ2) is 6.21. The number of pyridine rings is 1. The molecule has 126 valence electrons. The number of hydrogen-bond donors (Lipinski definition) is 0. The van der Waals surface area contributed by atoms with Crippen molar-refractivity contribution in [3.05, 3.63) is 53.1 Å². The summed E-state index contributed by atoms with van der Waals surface area (Å²) in [5.41, 5.74) is 1.19. The van der Waals surface area contributed by atoms with Crippen molar-refractivity contribution in [3.8, 4) is 11.4 Å². The minimum atomic E-state index is -0.180. The molecule has 3 aromatic heterocycles. The fourth-order valence-corrected chi connectivity index (χ4v) is 3.05. The second-order valence-electron chi connectivity index (χ2n) is 5.26.